The average molecular weight is 302 g/mol. The largest absolute Gasteiger partial charge is 0.394 e. The molecule has 0 saturated heterocycles. The highest BCUT2D eigenvalue weighted by molar-refractivity contribution is 6.34. The maximum Gasteiger partial charge on any atom is 0.294 e. The predicted octanol–water partition coefficient (Wildman–Crippen LogP) is 1.67. The molecule has 7 nitrogen and oxygen atoms in total. The zero-order valence-electron chi connectivity index (χ0n) is 11.4. The molecule has 0 saturated carbocycles. The fraction of sp³-hybridized carbons (Fsp3) is 0.417. The maximum atomic E-state index is 12.3. The topological polar surface area (TPSA) is 110 Å². The van der Waals surface area contributed by atoms with Crippen molar-refractivity contribution in [3.63, 3.8) is 0 Å². The predicted molar refractivity (Wildman–Crippen MR) is 75.8 cm³/mol. The molecule has 1 rings (SSSR count). The first-order chi connectivity index (χ1) is 9.11. The van der Waals surface area contributed by atoms with Gasteiger partial charge in [0.1, 0.15) is 5.69 Å². The monoisotopic (exact) mass is 301 g/mol. The number of carbonyl (C=O) groups excluding carboxylic acids is 1. The quantitative estimate of drug-likeness (QED) is 0.499. The molecular formula is C12H16ClN3O4. The van der Waals surface area contributed by atoms with Crippen molar-refractivity contribution >= 4 is 28.9 Å². The Kier molecular flexibility index (Phi) is 4.57. The minimum atomic E-state index is -0.806. The summed E-state index contributed by atoms with van der Waals surface area (Å²) in [5, 5.41) is 20.1. The summed E-state index contributed by atoms with van der Waals surface area (Å²) in [6.07, 6.45) is 0. The van der Waals surface area contributed by atoms with Gasteiger partial charge in [0.25, 0.3) is 11.6 Å². The fourth-order valence-corrected chi connectivity index (χ4v) is 1.67. The Labute approximate surface area is 121 Å². The van der Waals surface area contributed by atoms with Crippen LogP contribution in [0.5, 0.6) is 0 Å². The van der Waals surface area contributed by atoms with Crippen molar-refractivity contribution in [3.05, 3.63) is 32.8 Å². The van der Waals surface area contributed by atoms with Gasteiger partial charge in [0.15, 0.2) is 0 Å². The Bertz CT molecular complexity index is 560. The van der Waals surface area contributed by atoms with Crippen molar-refractivity contribution in [2.24, 2.45) is 0 Å². The Morgan fingerprint density at radius 3 is 2.55 bits per heavy atom. The number of nitro groups is 1. The van der Waals surface area contributed by atoms with Gasteiger partial charge in [0.05, 0.1) is 22.1 Å². The van der Waals surface area contributed by atoms with Crippen LogP contribution < -0.4 is 5.73 Å². The lowest BCUT2D eigenvalue weighted by Gasteiger charge is -2.34. The van der Waals surface area contributed by atoms with Crippen LogP contribution in [0.1, 0.15) is 24.2 Å². The molecule has 110 valence electrons. The standard InChI is InChI=1S/C12H16ClN3O4/c1-12(2,6-17)15(3)11(18)7-4-8(13)10(14)9(5-7)16(19)20/h4-5,17H,6,14H2,1-3H3. The van der Waals surface area contributed by atoms with Gasteiger partial charge in [0.2, 0.25) is 0 Å². The highest BCUT2D eigenvalue weighted by Crippen LogP contribution is 2.31. The number of benzene rings is 1. The number of aliphatic hydroxyl groups excluding tert-OH is 1. The first-order valence-electron chi connectivity index (χ1n) is 5.74. The van der Waals surface area contributed by atoms with E-state index in [4.69, 9.17) is 17.3 Å². The van der Waals surface area contributed by atoms with Crippen LogP contribution in [0.4, 0.5) is 11.4 Å². The summed E-state index contributed by atoms with van der Waals surface area (Å²) in [6, 6.07) is 2.35. The van der Waals surface area contributed by atoms with E-state index in [0.29, 0.717) is 0 Å². The Morgan fingerprint density at radius 2 is 2.10 bits per heavy atom. The second kappa shape index (κ2) is 5.64. The number of nitrogens with two attached hydrogens (primary N) is 1. The molecule has 0 aliphatic heterocycles. The zero-order valence-corrected chi connectivity index (χ0v) is 12.1. The van der Waals surface area contributed by atoms with Crippen molar-refractivity contribution in [2.75, 3.05) is 19.4 Å². The first kappa shape index (κ1) is 16.2. The Morgan fingerprint density at radius 1 is 1.55 bits per heavy atom. The Hall–Kier alpha value is -1.86. The van der Waals surface area contributed by atoms with E-state index in [1.807, 2.05) is 0 Å². The van der Waals surface area contributed by atoms with Crippen molar-refractivity contribution < 1.29 is 14.8 Å². The highest BCUT2D eigenvalue weighted by atomic mass is 35.5. The molecule has 0 aliphatic rings. The highest BCUT2D eigenvalue weighted by Gasteiger charge is 2.29. The lowest BCUT2D eigenvalue weighted by atomic mass is 10.0. The zero-order chi connectivity index (χ0) is 15.7. The van der Waals surface area contributed by atoms with Gasteiger partial charge < -0.3 is 15.7 Å². The second-order valence-electron chi connectivity index (χ2n) is 4.98. The van der Waals surface area contributed by atoms with Crippen LogP contribution in [-0.4, -0.2) is 40.0 Å². The molecule has 8 heteroatoms. The van der Waals surface area contributed by atoms with E-state index in [0.717, 1.165) is 6.07 Å². The molecule has 0 aliphatic carbocycles. The number of carbonyl (C=O) groups is 1. The minimum Gasteiger partial charge on any atom is -0.394 e. The van der Waals surface area contributed by atoms with Gasteiger partial charge in [-0.15, -0.1) is 0 Å². The second-order valence-corrected chi connectivity index (χ2v) is 5.39. The molecule has 0 fully saturated rings. The van der Waals surface area contributed by atoms with Gasteiger partial charge in [-0.2, -0.15) is 0 Å². The van der Waals surface area contributed by atoms with Crippen LogP contribution in [-0.2, 0) is 0 Å². The van der Waals surface area contributed by atoms with Gasteiger partial charge in [-0.05, 0) is 19.9 Å². The van der Waals surface area contributed by atoms with E-state index in [1.165, 1.54) is 18.0 Å². The van der Waals surface area contributed by atoms with E-state index in [9.17, 15) is 20.0 Å². The molecule has 1 aromatic carbocycles. The average Bonchev–Trinajstić information content (AvgIpc) is 2.39. The first-order valence-corrected chi connectivity index (χ1v) is 6.12. The van der Waals surface area contributed by atoms with Crippen LogP contribution in [0.25, 0.3) is 0 Å². The number of likely N-dealkylation sites (N-methyl/N-ethyl adjacent to an activating group) is 1. The molecule has 0 radical (unpaired) electrons. The molecule has 0 heterocycles. The number of nitrogens with zero attached hydrogens (tertiary/aromatic N) is 2. The van der Waals surface area contributed by atoms with Gasteiger partial charge >= 0.3 is 0 Å². The van der Waals surface area contributed by atoms with Crippen LogP contribution in [0, 0.1) is 10.1 Å². The van der Waals surface area contributed by atoms with Crippen LogP contribution in [0.15, 0.2) is 12.1 Å². The summed E-state index contributed by atoms with van der Waals surface area (Å²) in [7, 11) is 1.49. The van der Waals surface area contributed by atoms with Gasteiger partial charge in [-0.3, -0.25) is 14.9 Å². The number of nitrogen functional groups attached to an aromatic ring is 1. The molecule has 0 spiro atoms. The number of anilines is 1. The molecule has 1 amide bonds. The minimum absolute atomic E-state index is 0.0416. The third-order valence-electron chi connectivity index (χ3n) is 3.15. The van der Waals surface area contributed by atoms with Gasteiger partial charge in [-0.1, -0.05) is 11.6 Å². The number of rotatable bonds is 4. The third kappa shape index (κ3) is 3.00. The lowest BCUT2D eigenvalue weighted by Crippen LogP contribution is -2.47. The van der Waals surface area contributed by atoms with E-state index >= 15 is 0 Å². The van der Waals surface area contributed by atoms with E-state index in [1.54, 1.807) is 13.8 Å². The summed E-state index contributed by atoms with van der Waals surface area (Å²) in [6.45, 7) is 3.08. The molecule has 0 atom stereocenters. The van der Waals surface area contributed by atoms with Gasteiger partial charge in [0, 0.05) is 18.7 Å². The molecule has 1 aromatic rings. The number of aliphatic hydroxyl groups is 1. The van der Waals surface area contributed by atoms with Crippen molar-refractivity contribution in [1.82, 2.24) is 4.90 Å². The molecule has 20 heavy (non-hydrogen) atoms. The number of hydrogen-bond acceptors (Lipinski definition) is 5. The smallest absolute Gasteiger partial charge is 0.294 e. The summed E-state index contributed by atoms with van der Waals surface area (Å²) in [5.41, 5.74) is 4.13. The van der Waals surface area contributed by atoms with Crippen LogP contribution in [0.2, 0.25) is 5.02 Å². The molecule has 0 aromatic heterocycles. The van der Waals surface area contributed by atoms with Crippen LogP contribution in [0.3, 0.4) is 0 Å². The number of hydrogen-bond donors (Lipinski definition) is 2. The normalized spacial score (nSPS) is 11.2. The van der Waals surface area contributed by atoms with Gasteiger partial charge in [-0.25, -0.2) is 0 Å². The summed E-state index contributed by atoms with van der Waals surface area (Å²) in [5.74, 6) is -0.492. The van der Waals surface area contributed by atoms with Crippen LogP contribution >= 0.6 is 11.6 Å². The number of nitro benzene ring substituents is 1. The Balaban J connectivity index is 3.28. The third-order valence-corrected chi connectivity index (χ3v) is 3.46. The van der Waals surface area contributed by atoms with E-state index in [-0.39, 0.29) is 22.9 Å². The van der Waals surface area contributed by atoms with Crippen molar-refractivity contribution in [3.8, 4) is 0 Å². The number of halogens is 1. The van der Waals surface area contributed by atoms with Crippen molar-refractivity contribution in [1.29, 1.82) is 0 Å². The molecule has 0 unspecified atom stereocenters. The summed E-state index contributed by atoms with van der Waals surface area (Å²) in [4.78, 5) is 23.7. The molecule has 0 bridgehead atoms. The van der Waals surface area contributed by atoms with E-state index in [2.05, 4.69) is 0 Å². The summed E-state index contributed by atoms with van der Waals surface area (Å²) >= 11 is 5.81. The van der Waals surface area contributed by atoms with Crippen molar-refractivity contribution in [2.45, 2.75) is 19.4 Å². The van der Waals surface area contributed by atoms with E-state index < -0.39 is 22.1 Å². The fourth-order valence-electron chi connectivity index (χ4n) is 1.45. The lowest BCUT2D eigenvalue weighted by molar-refractivity contribution is -0.383. The molecule has 3 N–H and O–H groups in total. The maximum absolute atomic E-state index is 12.3. The number of amides is 1. The SMILES string of the molecule is CN(C(=O)c1cc(Cl)c(N)c([N+](=O)[O-])c1)C(C)(C)CO. The molecular weight excluding hydrogens is 286 g/mol. The summed E-state index contributed by atoms with van der Waals surface area (Å²) < 4.78 is 0.